The Kier molecular flexibility index (Phi) is 6.21. The van der Waals surface area contributed by atoms with Gasteiger partial charge in [0.25, 0.3) is 0 Å². The molecule has 94 valence electrons. The van der Waals surface area contributed by atoms with Gasteiger partial charge in [-0.3, -0.25) is 4.79 Å². The average Bonchev–Trinajstić information content (AvgIpc) is 2.35. The smallest absolute Gasteiger partial charge is 0.306 e. The van der Waals surface area contributed by atoms with Crippen molar-refractivity contribution in [3.8, 4) is 0 Å². The van der Waals surface area contributed by atoms with Gasteiger partial charge < -0.3 is 10.1 Å². The Morgan fingerprint density at radius 1 is 1.38 bits per heavy atom. The second kappa shape index (κ2) is 7.17. The normalized spacial score (nSPS) is 19.4. The van der Waals surface area contributed by atoms with Gasteiger partial charge in [-0.1, -0.05) is 19.3 Å². The number of hydrogen-bond acceptors (Lipinski definition) is 4. The Bertz CT molecular complexity index is 215. The quantitative estimate of drug-likeness (QED) is 0.575. The van der Waals surface area contributed by atoms with Gasteiger partial charge in [0, 0.05) is 17.8 Å². The van der Waals surface area contributed by atoms with E-state index in [4.69, 9.17) is 0 Å². The van der Waals surface area contributed by atoms with Gasteiger partial charge in [-0.2, -0.15) is 11.8 Å². The van der Waals surface area contributed by atoms with E-state index >= 15 is 0 Å². The highest BCUT2D eigenvalue weighted by atomic mass is 32.2. The lowest BCUT2D eigenvalue weighted by Gasteiger charge is -2.36. The number of esters is 1. The van der Waals surface area contributed by atoms with Gasteiger partial charge in [0.15, 0.2) is 0 Å². The zero-order chi connectivity index (χ0) is 11.9. The molecule has 1 fully saturated rings. The molecule has 0 aromatic heterocycles. The molecule has 0 heterocycles. The van der Waals surface area contributed by atoms with Crippen LogP contribution in [0.1, 0.15) is 38.5 Å². The van der Waals surface area contributed by atoms with E-state index in [0.29, 0.717) is 11.2 Å². The highest BCUT2D eigenvalue weighted by Gasteiger charge is 2.30. The van der Waals surface area contributed by atoms with Gasteiger partial charge in [0.2, 0.25) is 0 Å². The Morgan fingerprint density at radius 2 is 2.06 bits per heavy atom. The summed E-state index contributed by atoms with van der Waals surface area (Å²) in [6, 6.07) is 0. The largest absolute Gasteiger partial charge is 0.469 e. The van der Waals surface area contributed by atoms with Gasteiger partial charge in [-0.15, -0.1) is 0 Å². The predicted octanol–water partition coefficient (Wildman–Crippen LogP) is 2.20. The highest BCUT2D eigenvalue weighted by molar-refractivity contribution is 8.00. The van der Waals surface area contributed by atoms with Crippen molar-refractivity contribution in [3.63, 3.8) is 0 Å². The van der Waals surface area contributed by atoms with Crippen LogP contribution in [-0.2, 0) is 9.53 Å². The topological polar surface area (TPSA) is 38.3 Å². The number of methoxy groups -OCH3 is 1. The van der Waals surface area contributed by atoms with Gasteiger partial charge in [-0.05, 0) is 19.1 Å². The van der Waals surface area contributed by atoms with Crippen molar-refractivity contribution < 1.29 is 9.53 Å². The van der Waals surface area contributed by atoms with Crippen LogP contribution >= 0.6 is 11.8 Å². The molecule has 0 atom stereocenters. The van der Waals surface area contributed by atoms with Crippen LogP contribution in [-0.4, -0.2) is 37.2 Å². The molecule has 1 aliphatic carbocycles. The van der Waals surface area contributed by atoms with Gasteiger partial charge >= 0.3 is 5.97 Å². The van der Waals surface area contributed by atoms with Crippen LogP contribution in [0.4, 0.5) is 0 Å². The van der Waals surface area contributed by atoms with Crippen LogP contribution in [0.5, 0.6) is 0 Å². The Labute approximate surface area is 103 Å². The van der Waals surface area contributed by atoms with Gasteiger partial charge in [0.05, 0.1) is 13.5 Å². The maximum atomic E-state index is 10.9. The van der Waals surface area contributed by atoms with Crippen LogP contribution in [0.3, 0.4) is 0 Å². The minimum atomic E-state index is -0.130. The van der Waals surface area contributed by atoms with Crippen LogP contribution in [0.25, 0.3) is 0 Å². The highest BCUT2D eigenvalue weighted by Crippen LogP contribution is 2.37. The van der Waals surface area contributed by atoms with Gasteiger partial charge in [-0.25, -0.2) is 0 Å². The van der Waals surface area contributed by atoms with Crippen molar-refractivity contribution in [2.75, 3.05) is 26.5 Å². The summed E-state index contributed by atoms with van der Waals surface area (Å²) >= 11 is 1.98. The fourth-order valence-corrected chi connectivity index (χ4v) is 3.20. The molecule has 1 aliphatic rings. The van der Waals surface area contributed by atoms with E-state index in [1.54, 1.807) is 0 Å². The summed E-state index contributed by atoms with van der Waals surface area (Å²) in [6.07, 6.45) is 9.36. The minimum absolute atomic E-state index is 0.130. The number of carbonyl (C=O) groups is 1. The van der Waals surface area contributed by atoms with Crippen molar-refractivity contribution in [1.82, 2.24) is 5.32 Å². The first-order valence-corrected chi connectivity index (χ1v) is 7.27. The molecular weight excluding hydrogens is 222 g/mol. The molecule has 0 amide bonds. The summed E-state index contributed by atoms with van der Waals surface area (Å²) in [7, 11) is 1.44. The Hall–Kier alpha value is -0.220. The summed E-state index contributed by atoms with van der Waals surface area (Å²) in [4.78, 5) is 10.9. The van der Waals surface area contributed by atoms with Crippen LogP contribution < -0.4 is 5.32 Å². The van der Waals surface area contributed by atoms with Crippen molar-refractivity contribution in [2.45, 2.75) is 43.3 Å². The number of hydrogen-bond donors (Lipinski definition) is 1. The molecule has 4 heteroatoms. The Morgan fingerprint density at radius 3 is 2.62 bits per heavy atom. The predicted molar refractivity (Wildman–Crippen MR) is 68.8 cm³/mol. The fourth-order valence-electron chi connectivity index (χ4n) is 2.26. The summed E-state index contributed by atoms with van der Waals surface area (Å²) in [5.74, 6) is -0.130. The van der Waals surface area contributed by atoms with Crippen molar-refractivity contribution in [3.05, 3.63) is 0 Å². The van der Waals surface area contributed by atoms with E-state index in [0.717, 1.165) is 13.1 Å². The minimum Gasteiger partial charge on any atom is -0.469 e. The lowest BCUT2D eigenvalue weighted by atomic mass is 9.88. The molecule has 0 aromatic rings. The van der Waals surface area contributed by atoms with Crippen molar-refractivity contribution in [2.24, 2.45) is 0 Å². The molecular formula is C12H23NO2S. The van der Waals surface area contributed by atoms with Crippen LogP contribution in [0.2, 0.25) is 0 Å². The lowest BCUT2D eigenvalue weighted by Crippen LogP contribution is -2.40. The van der Waals surface area contributed by atoms with E-state index in [-0.39, 0.29) is 5.97 Å². The molecule has 16 heavy (non-hydrogen) atoms. The monoisotopic (exact) mass is 245 g/mol. The third kappa shape index (κ3) is 4.34. The molecule has 0 saturated heterocycles. The molecule has 1 saturated carbocycles. The summed E-state index contributed by atoms with van der Waals surface area (Å²) in [6.45, 7) is 1.75. The number of ether oxygens (including phenoxy) is 1. The first kappa shape index (κ1) is 13.8. The fraction of sp³-hybridized carbons (Fsp3) is 0.917. The standard InChI is InChI=1S/C12H23NO2S/c1-15-11(14)6-9-13-10-12(16-2)7-4-3-5-8-12/h13H,3-10H2,1-2H3. The molecule has 0 bridgehead atoms. The molecule has 0 spiro atoms. The molecule has 3 nitrogen and oxygen atoms in total. The third-order valence-corrected chi connectivity index (χ3v) is 4.80. The maximum absolute atomic E-state index is 10.9. The van der Waals surface area contributed by atoms with E-state index in [1.807, 2.05) is 11.8 Å². The maximum Gasteiger partial charge on any atom is 0.306 e. The summed E-state index contributed by atoms with van der Waals surface area (Å²) in [5, 5.41) is 3.39. The van der Waals surface area contributed by atoms with Crippen LogP contribution in [0.15, 0.2) is 0 Å². The van der Waals surface area contributed by atoms with E-state index in [1.165, 1.54) is 39.2 Å². The average molecular weight is 245 g/mol. The van der Waals surface area contributed by atoms with Crippen molar-refractivity contribution >= 4 is 17.7 Å². The second-order valence-corrected chi connectivity index (χ2v) is 5.72. The number of rotatable bonds is 6. The first-order valence-electron chi connectivity index (χ1n) is 6.05. The zero-order valence-electron chi connectivity index (χ0n) is 10.4. The number of nitrogens with one attached hydrogen (secondary N) is 1. The SMILES string of the molecule is COC(=O)CCNCC1(SC)CCCCC1. The zero-order valence-corrected chi connectivity index (χ0v) is 11.2. The van der Waals surface area contributed by atoms with E-state index in [9.17, 15) is 4.79 Å². The summed E-state index contributed by atoms with van der Waals surface area (Å²) in [5.41, 5.74) is 0. The van der Waals surface area contributed by atoms with E-state index < -0.39 is 0 Å². The number of carbonyl (C=O) groups excluding carboxylic acids is 1. The molecule has 0 aliphatic heterocycles. The Balaban J connectivity index is 2.20. The first-order chi connectivity index (χ1) is 7.72. The summed E-state index contributed by atoms with van der Waals surface area (Å²) < 4.78 is 5.02. The van der Waals surface area contributed by atoms with E-state index in [2.05, 4.69) is 16.3 Å². The number of thioether (sulfide) groups is 1. The van der Waals surface area contributed by atoms with Crippen LogP contribution in [0, 0.1) is 0 Å². The second-order valence-electron chi connectivity index (χ2n) is 4.45. The molecule has 1 N–H and O–H groups in total. The van der Waals surface area contributed by atoms with Crippen molar-refractivity contribution in [1.29, 1.82) is 0 Å². The molecule has 0 unspecified atom stereocenters. The lowest BCUT2D eigenvalue weighted by molar-refractivity contribution is -0.140. The molecule has 0 aromatic carbocycles. The molecule has 0 radical (unpaired) electrons. The molecule has 1 rings (SSSR count). The van der Waals surface area contributed by atoms with Gasteiger partial charge in [0.1, 0.15) is 0 Å². The third-order valence-electron chi connectivity index (χ3n) is 3.38.